The van der Waals surface area contributed by atoms with E-state index in [1.54, 1.807) is 31.2 Å². The summed E-state index contributed by atoms with van der Waals surface area (Å²) in [6.07, 6.45) is 2.44. The van der Waals surface area contributed by atoms with Gasteiger partial charge in [0.2, 0.25) is 15.9 Å². The fourth-order valence-corrected chi connectivity index (χ4v) is 4.69. The summed E-state index contributed by atoms with van der Waals surface area (Å²) < 4.78 is 32.4. The van der Waals surface area contributed by atoms with E-state index in [-0.39, 0.29) is 28.7 Å². The number of ether oxygens (including phenoxy) is 1. The van der Waals surface area contributed by atoms with Crippen LogP contribution in [0, 0.1) is 0 Å². The number of nitrogens with one attached hydrogen (secondary N) is 2. The first-order valence-corrected chi connectivity index (χ1v) is 11.7. The van der Waals surface area contributed by atoms with Crippen LogP contribution >= 0.6 is 0 Å². The molecule has 0 aromatic heterocycles. The SMILES string of the molecule is CCNS(=O)(=O)c1cc(C(=O)Nc2ccc(CC(=O)N3CCCC3)cc2)ccc1OC. The number of hydrogen-bond acceptors (Lipinski definition) is 5. The Bertz CT molecular complexity index is 1050. The van der Waals surface area contributed by atoms with Crippen molar-refractivity contribution in [2.45, 2.75) is 31.1 Å². The molecule has 9 heteroatoms. The number of anilines is 1. The fraction of sp³-hybridized carbons (Fsp3) is 0.364. The van der Waals surface area contributed by atoms with Gasteiger partial charge in [-0.3, -0.25) is 9.59 Å². The number of rotatable bonds is 8. The van der Waals surface area contributed by atoms with Crippen molar-refractivity contribution in [2.24, 2.45) is 0 Å². The molecule has 1 aliphatic heterocycles. The van der Waals surface area contributed by atoms with Gasteiger partial charge in [-0.15, -0.1) is 0 Å². The Labute approximate surface area is 182 Å². The number of carbonyl (C=O) groups excluding carboxylic acids is 2. The van der Waals surface area contributed by atoms with Crippen molar-refractivity contribution in [1.82, 2.24) is 9.62 Å². The Hall–Kier alpha value is -2.91. The van der Waals surface area contributed by atoms with Gasteiger partial charge in [-0.1, -0.05) is 19.1 Å². The molecule has 0 saturated carbocycles. The predicted octanol–water partition coefficient (Wildman–Crippen LogP) is 2.41. The van der Waals surface area contributed by atoms with Gasteiger partial charge in [0.05, 0.1) is 13.5 Å². The summed E-state index contributed by atoms with van der Waals surface area (Å²) in [6.45, 7) is 3.53. The monoisotopic (exact) mass is 445 g/mol. The number of sulfonamides is 1. The minimum atomic E-state index is -3.80. The fourth-order valence-electron chi connectivity index (χ4n) is 3.46. The largest absolute Gasteiger partial charge is 0.495 e. The Kier molecular flexibility index (Phi) is 7.29. The molecule has 0 atom stereocenters. The molecule has 1 heterocycles. The molecule has 0 radical (unpaired) electrons. The molecule has 1 fully saturated rings. The molecule has 2 aromatic carbocycles. The van der Waals surface area contributed by atoms with Crippen LogP contribution in [0.4, 0.5) is 5.69 Å². The van der Waals surface area contributed by atoms with Crippen LogP contribution in [0.2, 0.25) is 0 Å². The van der Waals surface area contributed by atoms with E-state index < -0.39 is 15.9 Å². The third-order valence-corrected chi connectivity index (χ3v) is 6.64. The van der Waals surface area contributed by atoms with Gasteiger partial charge in [-0.2, -0.15) is 0 Å². The van der Waals surface area contributed by atoms with Crippen LogP contribution in [0.15, 0.2) is 47.4 Å². The minimum absolute atomic E-state index is 0.0970. The summed E-state index contributed by atoms with van der Waals surface area (Å²) in [6, 6.07) is 11.3. The summed E-state index contributed by atoms with van der Waals surface area (Å²) in [5.41, 5.74) is 1.61. The average Bonchev–Trinajstić information content (AvgIpc) is 3.30. The third-order valence-electron chi connectivity index (χ3n) is 5.08. The second kappa shape index (κ2) is 9.93. The predicted molar refractivity (Wildman–Crippen MR) is 118 cm³/mol. The van der Waals surface area contributed by atoms with Crippen LogP contribution in [0.3, 0.4) is 0 Å². The molecule has 166 valence electrons. The van der Waals surface area contributed by atoms with E-state index >= 15 is 0 Å². The first-order chi connectivity index (χ1) is 14.8. The highest BCUT2D eigenvalue weighted by molar-refractivity contribution is 7.89. The smallest absolute Gasteiger partial charge is 0.255 e. The first-order valence-electron chi connectivity index (χ1n) is 10.2. The molecule has 2 N–H and O–H groups in total. The highest BCUT2D eigenvalue weighted by Crippen LogP contribution is 2.25. The van der Waals surface area contributed by atoms with Gasteiger partial charge in [-0.25, -0.2) is 13.1 Å². The van der Waals surface area contributed by atoms with Crippen molar-refractivity contribution in [3.8, 4) is 5.75 Å². The molecular formula is C22H27N3O5S. The maximum Gasteiger partial charge on any atom is 0.255 e. The van der Waals surface area contributed by atoms with Crippen molar-refractivity contribution in [2.75, 3.05) is 32.1 Å². The van der Waals surface area contributed by atoms with Crippen LogP contribution in [0.5, 0.6) is 5.75 Å². The average molecular weight is 446 g/mol. The van der Waals surface area contributed by atoms with Crippen molar-refractivity contribution in [3.63, 3.8) is 0 Å². The molecule has 0 spiro atoms. The topological polar surface area (TPSA) is 105 Å². The number of carbonyl (C=O) groups is 2. The van der Waals surface area contributed by atoms with Crippen molar-refractivity contribution >= 4 is 27.5 Å². The lowest BCUT2D eigenvalue weighted by Crippen LogP contribution is -2.29. The van der Waals surface area contributed by atoms with Crippen molar-refractivity contribution < 1.29 is 22.7 Å². The number of hydrogen-bond donors (Lipinski definition) is 2. The quantitative estimate of drug-likeness (QED) is 0.649. The van der Waals surface area contributed by atoms with E-state index in [0.717, 1.165) is 31.5 Å². The highest BCUT2D eigenvalue weighted by Gasteiger charge is 2.21. The van der Waals surface area contributed by atoms with Crippen LogP contribution in [-0.2, 0) is 21.2 Å². The van der Waals surface area contributed by atoms with Crippen LogP contribution < -0.4 is 14.8 Å². The first kappa shape index (κ1) is 22.8. The Morgan fingerprint density at radius 3 is 2.35 bits per heavy atom. The van der Waals surface area contributed by atoms with Crippen molar-refractivity contribution in [1.29, 1.82) is 0 Å². The highest BCUT2D eigenvalue weighted by atomic mass is 32.2. The minimum Gasteiger partial charge on any atom is -0.495 e. The van der Waals surface area contributed by atoms with Crippen LogP contribution in [-0.4, -0.2) is 51.9 Å². The van der Waals surface area contributed by atoms with Crippen molar-refractivity contribution in [3.05, 3.63) is 53.6 Å². The molecule has 0 bridgehead atoms. The molecule has 0 aliphatic carbocycles. The maximum atomic E-state index is 12.7. The Balaban J connectivity index is 1.70. The molecule has 8 nitrogen and oxygen atoms in total. The van der Waals surface area contributed by atoms with E-state index in [9.17, 15) is 18.0 Å². The zero-order chi connectivity index (χ0) is 22.4. The summed E-state index contributed by atoms with van der Waals surface area (Å²) in [7, 11) is -2.43. The van der Waals surface area contributed by atoms with Crippen LogP contribution in [0.1, 0.15) is 35.7 Å². The summed E-state index contributed by atoms with van der Waals surface area (Å²) in [5.74, 6) is -0.178. The van der Waals surface area contributed by atoms with Gasteiger partial charge in [0, 0.05) is 30.9 Å². The lowest BCUT2D eigenvalue weighted by molar-refractivity contribution is -0.129. The number of benzene rings is 2. The van der Waals surface area contributed by atoms with Gasteiger partial charge in [0.25, 0.3) is 5.91 Å². The zero-order valence-corrected chi connectivity index (χ0v) is 18.5. The van der Waals surface area contributed by atoms with E-state index in [1.807, 2.05) is 4.90 Å². The standard InChI is InChI=1S/C22H27N3O5S/c1-3-23-31(28,29)20-15-17(8-11-19(20)30-2)22(27)24-18-9-6-16(7-10-18)14-21(26)25-12-4-5-13-25/h6-11,15,23H,3-5,12-14H2,1-2H3,(H,24,27). The lowest BCUT2D eigenvalue weighted by atomic mass is 10.1. The molecule has 2 aromatic rings. The molecule has 0 unspecified atom stereocenters. The lowest BCUT2D eigenvalue weighted by Gasteiger charge is -2.15. The normalized spacial score (nSPS) is 13.8. The third kappa shape index (κ3) is 5.62. The molecule has 31 heavy (non-hydrogen) atoms. The van der Waals surface area contributed by atoms with E-state index in [4.69, 9.17) is 4.74 Å². The summed E-state index contributed by atoms with van der Waals surface area (Å²) >= 11 is 0. The summed E-state index contributed by atoms with van der Waals surface area (Å²) in [5, 5.41) is 2.75. The number of nitrogens with zero attached hydrogens (tertiary/aromatic N) is 1. The van der Waals surface area contributed by atoms with Gasteiger partial charge in [0.15, 0.2) is 0 Å². The second-order valence-electron chi connectivity index (χ2n) is 7.28. The molecule has 1 aliphatic rings. The van der Waals surface area contributed by atoms with E-state index in [2.05, 4.69) is 10.0 Å². The molecular weight excluding hydrogens is 418 g/mol. The summed E-state index contributed by atoms with van der Waals surface area (Å²) in [4.78, 5) is 26.7. The number of methoxy groups -OCH3 is 1. The Morgan fingerprint density at radius 2 is 1.74 bits per heavy atom. The van der Waals surface area contributed by atoms with E-state index in [1.165, 1.54) is 25.3 Å². The molecule has 3 rings (SSSR count). The zero-order valence-electron chi connectivity index (χ0n) is 17.7. The van der Waals surface area contributed by atoms with Gasteiger partial charge in [-0.05, 0) is 48.7 Å². The van der Waals surface area contributed by atoms with Crippen LogP contribution in [0.25, 0.3) is 0 Å². The number of likely N-dealkylation sites (tertiary alicyclic amines) is 1. The molecule has 1 saturated heterocycles. The Morgan fingerprint density at radius 1 is 1.06 bits per heavy atom. The number of amides is 2. The van der Waals surface area contributed by atoms with Gasteiger partial charge >= 0.3 is 0 Å². The van der Waals surface area contributed by atoms with Gasteiger partial charge in [0.1, 0.15) is 10.6 Å². The maximum absolute atomic E-state index is 12.7. The second-order valence-corrected chi connectivity index (χ2v) is 9.02. The molecule has 2 amide bonds. The van der Waals surface area contributed by atoms with Gasteiger partial charge < -0.3 is 15.0 Å². The van der Waals surface area contributed by atoms with E-state index in [0.29, 0.717) is 12.1 Å².